The van der Waals surface area contributed by atoms with E-state index in [1.165, 1.54) is 57.7 Å². The summed E-state index contributed by atoms with van der Waals surface area (Å²) in [4.78, 5) is 27.7. The van der Waals surface area contributed by atoms with Crippen molar-refractivity contribution in [2.45, 2.75) is 0 Å². The third kappa shape index (κ3) is 4.49. The van der Waals surface area contributed by atoms with Crippen molar-refractivity contribution in [2.75, 3.05) is 21.3 Å². The highest BCUT2D eigenvalue weighted by Crippen LogP contribution is 2.55. The molecule has 10 heteroatoms. The number of methoxy groups -OCH3 is 3. The van der Waals surface area contributed by atoms with Crippen LogP contribution in [0.25, 0.3) is 0 Å². The normalized spacial score (nSPS) is 12.5. The molecular weight excluding hydrogens is 510 g/mol. The standard InChI is InChI=1S/C23H18Cl3O6P/c1-30-13-11-17(31-2)20(18(12-13)32-3)23(28)33(29,14-7-5-4-6-8-14)22(27)19-15(24)9-10-16(25)21(19)26/h4-12H,1-3H3. The average Bonchev–Trinajstić information content (AvgIpc) is 2.84. The third-order valence-electron chi connectivity index (χ3n) is 4.88. The van der Waals surface area contributed by atoms with E-state index in [9.17, 15) is 14.2 Å². The van der Waals surface area contributed by atoms with Gasteiger partial charge >= 0.3 is 0 Å². The molecule has 0 N–H and O–H groups in total. The molecule has 0 amide bonds. The summed E-state index contributed by atoms with van der Waals surface area (Å²) >= 11 is 18.6. The molecule has 3 aromatic rings. The molecule has 0 aliphatic heterocycles. The van der Waals surface area contributed by atoms with Gasteiger partial charge in [0.25, 0.3) is 0 Å². The summed E-state index contributed by atoms with van der Waals surface area (Å²) in [5, 5.41) is -0.276. The zero-order chi connectivity index (χ0) is 24.3. The highest BCUT2D eigenvalue weighted by Gasteiger charge is 2.46. The monoisotopic (exact) mass is 526 g/mol. The van der Waals surface area contributed by atoms with Crippen LogP contribution in [0.3, 0.4) is 0 Å². The molecule has 0 fully saturated rings. The van der Waals surface area contributed by atoms with Gasteiger partial charge in [0.2, 0.25) is 18.2 Å². The van der Waals surface area contributed by atoms with Crippen LogP contribution in [0.4, 0.5) is 0 Å². The zero-order valence-corrected chi connectivity index (χ0v) is 20.9. The Kier molecular flexibility index (Phi) is 7.76. The largest absolute Gasteiger partial charge is 0.496 e. The van der Waals surface area contributed by atoms with Gasteiger partial charge in [-0.1, -0.05) is 65.1 Å². The molecule has 0 aromatic heterocycles. The fraction of sp³-hybridized carbons (Fsp3) is 0.130. The average molecular weight is 528 g/mol. The Labute approximate surface area is 205 Å². The zero-order valence-electron chi connectivity index (χ0n) is 17.7. The summed E-state index contributed by atoms with van der Waals surface area (Å²) in [6.45, 7) is 0. The van der Waals surface area contributed by atoms with Gasteiger partial charge in [0.15, 0.2) is 0 Å². The summed E-state index contributed by atoms with van der Waals surface area (Å²) in [6.07, 6.45) is 0. The second-order valence-electron chi connectivity index (χ2n) is 6.68. The minimum absolute atomic E-state index is 0.00738. The molecule has 33 heavy (non-hydrogen) atoms. The molecule has 0 spiro atoms. The van der Waals surface area contributed by atoms with Gasteiger partial charge in [0.1, 0.15) is 22.8 Å². The number of hydrogen-bond donors (Lipinski definition) is 0. The Bertz CT molecular complexity index is 1250. The Morgan fingerprint density at radius 2 is 1.24 bits per heavy atom. The molecule has 172 valence electrons. The van der Waals surface area contributed by atoms with Gasteiger partial charge < -0.3 is 18.8 Å². The maximum atomic E-state index is 14.5. The second-order valence-corrected chi connectivity index (χ2v) is 10.4. The van der Waals surface area contributed by atoms with E-state index in [0.717, 1.165) is 0 Å². The van der Waals surface area contributed by atoms with Crippen LogP contribution in [0, 0.1) is 0 Å². The first-order chi connectivity index (χ1) is 15.7. The van der Waals surface area contributed by atoms with Gasteiger partial charge in [-0.3, -0.25) is 9.59 Å². The molecule has 0 aliphatic rings. The maximum absolute atomic E-state index is 14.5. The van der Waals surface area contributed by atoms with E-state index in [4.69, 9.17) is 49.0 Å². The molecule has 0 radical (unpaired) electrons. The molecular formula is C23H18Cl3O6P. The Morgan fingerprint density at radius 1 is 0.727 bits per heavy atom. The van der Waals surface area contributed by atoms with Gasteiger partial charge in [-0.2, -0.15) is 0 Å². The number of ether oxygens (including phenoxy) is 3. The van der Waals surface area contributed by atoms with Crippen LogP contribution in [0.5, 0.6) is 17.2 Å². The predicted octanol–water partition coefficient (Wildman–Crippen LogP) is 6.34. The van der Waals surface area contributed by atoms with Gasteiger partial charge in [-0.15, -0.1) is 0 Å². The van der Waals surface area contributed by atoms with Crippen molar-refractivity contribution in [2.24, 2.45) is 0 Å². The minimum Gasteiger partial charge on any atom is -0.496 e. The van der Waals surface area contributed by atoms with Crippen molar-refractivity contribution in [1.82, 2.24) is 0 Å². The number of hydrogen-bond acceptors (Lipinski definition) is 6. The van der Waals surface area contributed by atoms with Crippen LogP contribution in [-0.2, 0) is 4.57 Å². The fourth-order valence-corrected chi connectivity index (χ4v) is 6.38. The Balaban J connectivity index is 2.35. The molecule has 1 atom stereocenters. The number of rotatable bonds is 8. The minimum atomic E-state index is -4.58. The van der Waals surface area contributed by atoms with Gasteiger partial charge in [0.05, 0.1) is 42.0 Å². The molecule has 0 bridgehead atoms. The molecule has 0 saturated heterocycles. The molecule has 0 heterocycles. The van der Waals surface area contributed by atoms with Crippen molar-refractivity contribution in [3.63, 3.8) is 0 Å². The second kappa shape index (κ2) is 10.2. The topological polar surface area (TPSA) is 78.9 Å². The number of carbonyl (C=O) groups excluding carboxylic acids is 2. The lowest BCUT2D eigenvalue weighted by atomic mass is 10.2. The van der Waals surface area contributed by atoms with E-state index >= 15 is 0 Å². The maximum Gasteiger partial charge on any atom is 0.249 e. The van der Waals surface area contributed by atoms with Crippen LogP contribution in [0.1, 0.15) is 20.7 Å². The van der Waals surface area contributed by atoms with E-state index in [0.29, 0.717) is 5.75 Å². The van der Waals surface area contributed by atoms with E-state index < -0.39 is 18.2 Å². The fourth-order valence-electron chi connectivity index (χ4n) is 3.22. The van der Waals surface area contributed by atoms with Crippen molar-refractivity contribution < 1.29 is 28.4 Å². The van der Waals surface area contributed by atoms with Gasteiger partial charge in [-0.25, -0.2) is 0 Å². The summed E-state index contributed by atoms with van der Waals surface area (Å²) < 4.78 is 30.4. The van der Waals surface area contributed by atoms with Crippen LogP contribution in [0.2, 0.25) is 15.1 Å². The van der Waals surface area contributed by atoms with Crippen molar-refractivity contribution >= 4 is 58.3 Å². The van der Waals surface area contributed by atoms with E-state index in [1.54, 1.807) is 18.2 Å². The van der Waals surface area contributed by atoms with Gasteiger partial charge in [0, 0.05) is 17.4 Å². The van der Waals surface area contributed by atoms with Crippen LogP contribution >= 0.6 is 41.9 Å². The smallest absolute Gasteiger partial charge is 0.249 e. The Hall–Kier alpha value is -2.50. The number of benzene rings is 3. The molecule has 3 aromatic carbocycles. The first-order valence-electron chi connectivity index (χ1n) is 9.39. The molecule has 0 aliphatic carbocycles. The van der Waals surface area contributed by atoms with Crippen LogP contribution in [-0.4, -0.2) is 32.4 Å². The predicted molar refractivity (Wildman–Crippen MR) is 130 cm³/mol. The molecule has 6 nitrogen and oxygen atoms in total. The van der Waals surface area contributed by atoms with Crippen LogP contribution < -0.4 is 19.5 Å². The first-order valence-corrected chi connectivity index (χ1v) is 12.2. The van der Waals surface area contributed by atoms with E-state index in [2.05, 4.69) is 0 Å². The van der Waals surface area contributed by atoms with Crippen molar-refractivity contribution in [3.8, 4) is 17.2 Å². The summed E-state index contributed by atoms with van der Waals surface area (Å²) in [7, 11) is -0.505. The summed E-state index contributed by atoms with van der Waals surface area (Å²) in [5.74, 6) is 0.369. The highest BCUT2D eigenvalue weighted by atomic mass is 35.5. The Morgan fingerprint density at radius 3 is 1.76 bits per heavy atom. The third-order valence-corrected chi connectivity index (χ3v) is 8.61. The summed E-state index contributed by atoms with van der Waals surface area (Å²) in [6, 6.07) is 13.2. The summed E-state index contributed by atoms with van der Waals surface area (Å²) in [5.41, 5.74) is -2.56. The highest BCUT2D eigenvalue weighted by molar-refractivity contribution is 8.01. The first kappa shape index (κ1) is 25.1. The number of halogens is 3. The van der Waals surface area contributed by atoms with Crippen molar-refractivity contribution in [3.05, 3.63) is 80.8 Å². The number of carbonyl (C=O) groups is 2. The lowest BCUT2D eigenvalue weighted by Gasteiger charge is -2.21. The molecule has 0 saturated carbocycles. The SMILES string of the molecule is COc1cc(OC)c(C(=O)P(=O)(C(=O)c2c(Cl)ccc(Cl)c2Cl)c2ccccc2)c(OC)c1. The lowest BCUT2D eigenvalue weighted by Crippen LogP contribution is -2.22. The van der Waals surface area contributed by atoms with Gasteiger partial charge in [-0.05, 0) is 12.1 Å². The van der Waals surface area contributed by atoms with Crippen molar-refractivity contribution in [1.29, 1.82) is 0 Å². The molecule has 1 unspecified atom stereocenters. The molecule has 3 rings (SSSR count). The lowest BCUT2D eigenvalue weighted by molar-refractivity contribution is 0.103. The van der Waals surface area contributed by atoms with E-state index in [1.807, 2.05) is 0 Å². The quantitative estimate of drug-likeness (QED) is 0.251. The van der Waals surface area contributed by atoms with E-state index in [-0.39, 0.29) is 43.0 Å². The van der Waals surface area contributed by atoms with Crippen LogP contribution in [0.15, 0.2) is 54.6 Å².